The Bertz CT molecular complexity index is 2070. The molecule has 46 heavy (non-hydrogen) atoms. The van der Waals surface area contributed by atoms with Gasteiger partial charge in [0.2, 0.25) is 15.7 Å². The Morgan fingerprint density at radius 1 is 0.739 bits per heavy atom. The number of hydrogen-bond donors (Lipinski definition) is 2. The van der Waals surface area contributed by atoms with E-state index in [9.17, 15) is 58.4 Å². The summed E-state index contributed by atoms with van der Waals surface area (Å²) in [4.78, 5) is 24.5. The molecule has 2 unspecified atom stereocenters. The highest BCUT2D eigenvalue weighted by Crippen LogP contribution is 2.47. The molecule has 0 saturated heterocycles. The van der Waals surface area contributed by atoms with Gasteiger partial charge in [0.1, 0.15) is 17.0 Å². The van der Waals surface area contributed by atoms with E-state index < -0.39 is 90.7 Å². The molecule has 0 aliphatic heterocycles. The van der Waals surface area contributed by atoms with E-state index in [2.05, 4.69) is 5.32 Å². The van der Waals surface area contributed by atoms with E-state index >= 15 is 0 Å². The molecule has 2 amide bonds. The first-order chi connectivity index (χ1) is 21.5. The van der Waals surface area contributed by atoms with E-state index in [0.717, 1.165) is 60.7 Å². The van der Waals surface area contributed by atoms with Gasteiger partial charge in [0, 0.05) is 11.4 Å². The van der Waals surface area contributed by atoms with Crippen LogP contribution in [0.3, 0.4) is 0 Å². The van der Waals surface area contributed by atoms with Gasteiger partial charge in [0.15, 0.2) is 46.9 Å². The zero-order valence-electron chi connectivity index (χ0n) is 22.7. The molecule has 3 aromatic carbocycles. The van der Waals surface area contributed by atoms with Crippen LogP contribution in [0.25, 0.3) is 0 Å². The van der Waals surface area contributed by atoms with Gasteiger partial charge in [-0.3, -0.25) is 9.59 Å². The van der Waals surface area contributed by atoms with Gasteiger partial charge >= 0.3 is 0 Å². The van der Waals surface area contributed by atoms with Crippen molar-refractivity contribution in [3.63, 3.8) is 0 Å². The second-order valence-corrected chi connectivity index (χ2v) is 11.6. The van der Waals surface area contributed by atoms with E-state index in [1.165, 1.54) is 0 Å². The van der Waals surface area contributed by atoms with Crippen LogP contribution in [0.4, 0.5) is 46.5 Å². The van der Waals surface area contributed by atoms with Crippen LogP contribution in [-0.2, 0) is 14.6 Å². The first-order valence-corrected chi connectivity index (χ1v) is 13.8. The quantitative estimate of drug-likeness (QED) is 0.178. The fourth-order valence-corrected chi connectivity index (χ4v) is 5.56. The Hall–Kier alpha value is -5.55. The highest BCUT2D eigenvalue weighted by Gasteiger charge is 2.54. The number of allylic oxidation sites excluding steroid dienone is 3. The number of anilines is 2. The predicted molar refractivity (Wildman–Crippen MR) is 142 cm³/mol. The van der Waals surface area contributed by atoms with Crippen LogP contribution < -0.4 is 10.6 Å². The molecule has 0 bridgehead atoms. The van der Waals surface area contributed by atoms with Crippen LogP contribution in [0.2, 0.25) is 0 Å². The SMILES string of the molecule is CC1(C(=O)Nc2ccc(S(=O)(=O)c3ccc(NC(=O)c4c(F)c(F)c(F)c(F)c4C#N)cc3)cc2)C(C#N)=C(F)C(F)=C(F)C1F. The summed E-state index contributed by atoms with van der Waals surface area (Å²) in [5, 5.41) is 22.3. The molecule has 4 rings (SSSR count). The average molecular weight is 667 g/mol. The van der Waals surface area contributed by atoms with Gasteiger partial charge < -0.3 is 10.6 Å². The molecule has 2 atom stereocenters. The van der Waals surface area contributed by atoms with E-state index in [1.54, 1.807) is 0 Å². The van der Waals surface area contributed by atoms with Gasteiger partial charge in [-0.25, -0.2) is 43.5 Å². The van der Waals surface area contributed by atoms with E-state index in [1.807, 2.05) is 5.32 Å². The second-order valence-electron chi connectivity index (χ2n) is 9.61. The number of hydrogen-bond acceptors (Lipinski definition) is 6. The Kier molecular flexibility index (Phi) is 8.77. The van der Waals surface area contributed by atoms with Crippen molar-refractivity contribution < 1.29 is 53.1 Å². The summed E-state index contributed by atoms with van der Waals surface area (Å²) in [6, 6.07) is 10.1. The third kappa shape index (κ3) is 5.34. The molecule has 8 nitrogen and oxygen atoms in total. The Morgan fingerprint density at radius 2 is 1.22 bits per heavy atom. The van der Waals surface area contributed by atoms with Crippen molar-refractivity contribution in [3.05, 3.63) is 106 Å². The number of nitrogens with one attached hydrogen (secondary N) is 2. The fourth-order valence-electron chi connectivity index (χ4n) is 4.30. The summed E-state index contributed by atoms with van der Waals surface area (Å²) in [5.74, 6) is -18.4. The average Bonchev–Trinajstić information content (AvgIpc) is 3.04. The maximum absolute atomic E-state index is 14.7. The molecule has 0 fully saturated rings. The molecule has 236 valence electrons. The lowest BCUT2D eigenvalue weighted by Crippen LogP contribution is -2.45. The van der Waals surface area contributed by atoms with Crippen molar-refractivity contribution in [2.24, 2.45) is 5.41 Å². The van der Waals surface area contributed by atoms with Gasteiger partial charge in [-0.05, 0) is 55.5 Å². The Labute approximate surface area is 253 Å². The molecule has 1 aliphatic rings. The van der Waals surface area contributed by atoms with Crippen LogP contribution in [0.15, 0.2) is 81.4 Å². The topological polar surface area (TPSA) is 140 Å². The van der Waals surface area contributed by atoms with Crippen molar-refractivity contribution in [1.82, 2.24) is 0 Å². The summed E-state index contributed by atoms with van der Waals surface area (Å²) in [6.07, 6.45) is -3.06. The molecular formula is C29H14F8N4O4S. The van der Waals surface area contributed by atoms with Gasteiger partial charge in [-0.1, -0.05) is 0 Å². The van der Waals surface area contributed by atoms with Gasteiger partial charge in [0.05, 0.1) is 27.0 Å². The normalized spacial score (nSPS) is 18.1. The smallest absolute Gasteiger partial charge is 0.260 e. The zero-order chi connectivity index (χ0) is 34.3. The summed E-state index contributed by atoms with van der Waals surface area (Å²) >= 11 is 0. The minimum atomic E-state index is -4.32. The molecule has 0 saturated carbocycles. The van der Waals surface area contributed by atoms with Gasteiger partial charge in [-0.2, -0.15) is 10.5 Å². The number of halogens is 8. The molecule has 0 spiro atoms. The van der Waals surface area contributed by atoms with Crippen LogP contribution in [0.1, 0.15) is 22.8 Å². The minimum Gasteiger partial charge on any atom is -0.325 e. The number of benzene rings is 3. The summed E-state index contributed by atoms with van der Waals surface area (Å²) in [7, 11) is -4.32. The number of carbonyl (C=O) groups is 2. The van der Waals surface area contributed by atoms with Crippen molar-refractivity contribution in [1.29, 1.82) is 10.5 Å². The number of carbonyl (C=O) groups excluding carboxylic acids is 2. The molecular weight excluding hydrogens is 652 g/mol. The largest absolute Gasteiger partial charge is 0.325 e. The Balaban J connectivity index is 1.53. The summed E-state index contributed by atoms with van der Waals surface area (Å²) < 4.78 is 138. The van der Waals surface area contributed by atoms with Gasteiger partial charge in [-0.15, -0.1) is 0 Å². The lowest BCUT2D eigenvalue weighted by molar-refractivity contribution is -0.125. The molecule has 0 heterocycles. The highest BCUT2D eigenvalue weighted by molar-refractivity contribution is 7.91. The van der Waals surface area contributed by atoms with Crippen LogP contribution in [-0.4, -0.2) is 26.4 Å². The molecule has 0 aromatic heterocycles. The third-order valence-corrected chi connectivity index (χ3v) is 8.69. The molecule has 3 aromatic rings. The van der Waals surface area contributed by atoms with E-state index in [4.69, 9.17) is 5.26 Å². The summed E-state index contributed by atoms with van der Waals surface area (Å²) in [6.45, 7) is 0.678. The Morgan fingerprint density at radius 3 is 1.70 bits per heavy atom. The third-order valence-electron chi connectivity index (χ3n) is 6.91. The minimum absolute atomic E-state index is 0.207. The van der Waals surface area contributed by atoms with Crippen molar-refractivity contribution in [2.75, 3.05) is 10.6 Å². The lowest BCUT2D eigenvalue weighted by atomic mass is 9.73. The maximum Gasteiger partial charge on any atom is 0.260 e. The summed E-state index contributed by atoms with van der Waals surface area (Å²) in [5.41, 5.74) is -7.39. The number of alkyl halides is 1. The zero-order valence-corrected chi connectivity index (χ0v) is 23.5. The molecule has 17 heteroatoms. The van der Waals surface area contributed by atoms with Crippen LogP contribution >= 0.6 is 0 Å². The molecule has 0 radical (unpaired) electrons. The standard InChI is InChI=1S/C29H14F8N4O4S/c1-29(17(11-39)20(31)23(34)25(36)26(29)37)28(43)41-13-4-8-15(9-5-13)46(44,45)14-6-2-12(3-7-14)40-27(42)18-16(10-38)19(30)22(33)24(35)21(18)32/h2-9,26H,1H3,(H,40,42)(H,41,43). The number of amides is 2. The lowest BCUT2D eigenvalue weighted by Gasteiger charge is -2.33. The first kappa shape index (κ1) is 33.3. The van der Waals surface area contributed by atoms with Crippen LogP contribution in [0.5, 0.6) is 0 Å². The molecule has 2 N–H and O–H groups in total. The highest BCUT2D eigenvalue weighted by atomic mass is 32.2. The van der Waals surface area contributed by atoms with E-state index in [-0.39, 0.29) is 21.2 Å². The monoisotopic (exact) mass is 666 g/mol. The number of nitrogens with zero attached hydrogens (tertiary/aromatic N) is 2. The van der Waals surface area contributed by atoms with Crippen molar-refractivity contribution in [3.8, 4) is 12.1 Å². The van der Waals surface area contributed by atoms with Crippen LogP contribution in [0, 0.1) is 51.3 Å². The predicted octanol–water partition coefficient (Wildman–Crippen LogP) is 6.39. The van der Waals surface area contributed by atoms with Crippen molar-refractivity contribution >= 4 is 33.0 Å². The number of nitriles is 2. The fraction of sp³-hybridized carbons (Fsp3) is 0.103. The van der Waals surface area contributed by atoms with Crippen molar-refractivity contribution in [2.45, 2.75) is 22.9 Å². The number of rotatable bonds is 6. The van der Waals surface area contributed by atoms with Gasteiger partial charge in [0.25, 0.3) is 5.91 Å². The second kappa shape index (κ2) is 12.1. The number of sulfone groups is 1. The molecule has 1 aliphatic carbocycles. The van der Waals surface area contributed by atoms with E-state index in [0.29, 0.717) is 6.92 Å². The first-order valence-electron chi connectivity index (χ1n) is 12.4. The maximum atomic E-state index is 14.7.